The normalized spacial score (nSPS) is 21.3. The van der Waals surface area contributed by atoms with Crippen LogP contribution in [0.25, 0.3) is 10.8 Å². The first-order valence-electron chi connectivity index (χ1n) is 10.5. The molecule has 0 spiro atoms. The van der Waals surface area contributed by atoms with Crippen LogP contribution in [0.4, 0.5) is 0 Å². The van der Waals surface area contributed by atoms with E-state index in [0.717, 1.165) is 24.9 Å². The summed E-state index contributed by atoms with van der Waals surface area (Å²) in [5.41, 5.74) is 1.08. The molecule has 29 heavy (non-hydrogen) atoms. The highest BCUT2D eigenvalue weighted by atomic mass is 16.5. The summed E-state index contributed by atoms with van der Waals surface area (Å²) in [6.45, 7) is 5.55. The molecule has 2 fully saturated rings. The van der Waals surface area contributed by atoms with Crippen molar-refractivity contribution in [2.75, 3.05) is 39.4 Å². The molecule has 2 heterocycles. The Hall–Kier alpha value is -2.44. The Kier molecular flexibility index (Phi) is 6.11. The summed E-state index contributed by atoms with van der Waals surface area (Å²) in [6, 6.07) is 14.2. The van der Waals surface area contributed by atoms with Gasteiger partial charge in [-0.2, -0.15) is 0 Å². The highest BCUT2D eigenvalue weighted by Crippen LogP contribution is 2.22. The van der Waals surface area contributed by atoms with Crippen molar-refractivity contribution in [3.63, 3.8) is 0 Å². The Labute approximate surface area is 171 Å². The molecule has 154 valence electrons. The summed E-state index contributed by atoms with van der Waals surface area (Å²) in [4.78, 5) is 29.5. The second kappa shape index (κ2) is 8.93. The van der Waals surface area contributed by atoms with E-state index in [4.69, 9.17) is 4.74 Å². The summed E-state index contributed by atoms with van der Waals surface area (Å²) in [5, 5.41) is 5.46. The average molecular weight is 396 g/mol. The fraction of sp³-hybridized carbons (Fsp3) is 0.478. The second-order valence-corrected chi connectivity index (χ2v) is 7.96. The maximum atomic E-state index is 12.9. The Balaban J connectivity index is 1.35. The number of rotatable bonds is 5. The molecule has 2 amide bonds. The first-order valence-corrected chi connectivity index (χ1v) is 10.5. The fourth-order valence-electron chi connectivity index (χ4n) is 4.32. The van der Waals surface area contributed by atoms with E-state index in [9.17, 15) is 9.59 Å². The van der Waals surface area contributed by atoms with E-state index in [0.29, 0.717) is 26.3 Å². The minimum Gasteiger partial charge on any atom is -0.378 e. The molecule has 6 heteroatoms. The van der Waals surface area contributed by atoms with Crippen LogP contribution < -0.4 is 5.32 Å². The van der Waals surface area contributed by atoms with E-state index < -0.39 is 0 Å². The Morgan fingerprint density at radius 1 is 1.10 bits per heavy atom. The number of fused-ring (bicyclic) bond motifs is 1. The van der Waals surface area contributed by atoms with Crippen LogP contribution in [-0.2, 0) is 14.3 Å². The molecule has 1 N–H and O–H groups in total. The number of ether oxygens (including phenoxy) is 1. The predicted molar refractivity (Wildman–Crippen MR) is 112 cm³/mol. The molecule has 2 saturated heterocycles. The number of hydrogen-bond donors (Lipinski definition) is 1. The van der Waals surface area contributed by atoms with Crippen molar-refractivity contribution in [1.29, 1.82) is 0 Å². The third-order valence-corrected chi connectivity index (χ3v) is 5.97. The molecule has 6 nitrogen and oxygen atoms in total. The molecule has 0 radical (unpaired) electrons. The van der Waals surface area contributed by atoms with E-state index in [1.807, 2.05) is 28.9 Å². The van der Waals surface area contributed by atoms with Gasteiger partial charge in [-0.1, -0.05) is 36.4 Å². The van der Waals surface area contributed by atoms with E-state index in [2.05, 4.69) is 35.6 Å². The maximum Gasteiger partial charge on any atom is 0.240 e. The first-order chi connectivity index (χ1) is 14.1. The average Bonchev–Trinajstić information content (AvgIpc) is 3.21. The molecule has 2 aromatic carbocycles. The van der Waals surface area contributed by atoms with Gasteiger partial charge in [0.1, 0.15) is 0 Å². The summed E-state index contributed by atoms with van der Waals surface area (Å²) >= 11 is 0. The van der Waals surface area contributed by atoms with E-state index in [-0.39, 0.29) is 30.4 Å². The number of carbonyl (C=O) groups is 2. The molecule has 0 aliphatic carbocycles. The summed E-state index contributed by atoms with van der Waals surface area (Å²) in [6.07, 6.45) is 1.78. The van der Waals surface area contributed by atoms with Crippen LogP contribution in [0.2, 0.25) is 0 Å². The highest BCUT2D eigenvalue weighted by molar-refractivity contribution is 5.85. The molecule has 0 aromatic heterocycles. The van der Waals surface area contributed by atoms with Crippen molar-refractivity contribution in [1.82, 2.24) is 15.1 Å². The molecule has 2 atom stereocenters. The van der Waals surface area contributed by atoms with Crippen LogP contribution in [0.5, 0.6) is 0 Å². The summed E-state index contributed by atoms with van der Waals surface area (Å²) < 4.78 is 5.34. The summed E-state index contributed by atoms with van der Waals surface area (Å²) in [7, 11) is 0. The van der Waals surface area contributed by atoms with Crippen LogP contribution in [-0.4, -0.2) is 67.0 Å². The van der Waals surface area contributed by atoms with Gasteiger partial charge in [0, 0.05) is 13.1 Å². The van der Waals surface area contributed by atoms with Crippen molar-refractivity contribution in [3.05, 3.63) is 48.0 Å². The molecule has 2 aliphatic rings. The zero-order chi connectivity index (χ0) is 20.2. The standard InChI is InChI=1S/C23H29N3O3/c1-17(19-9-8-18-5-2-3-6-20(18)15-19)24-22(27)16-26-10-4-7-21(26)23(28)25-11-13-29-14-12-25/h2-3,5-6,8-9,15,17,21H,4,7,10-14,16H2,1H3,(H,24,27). The molecule has 2 aromatic rings. The molecule has 0 saturated carbocycles. The lowest BCUT2D eigenvalue weighted by Gasteiger charge is -2.32. The number of benzene rings is 2. The lowest BCUT2D eigenvalue weighted by atomic mass is 10.0. The van der Waals surface area contributed by atoms with Gasteiger partial charge < -0.3 is 15.0 Å². The van der Waals surface area contributed by atoms with Crippen molar-refractivity contribution in [3.8, 4) is 0 Å². The van der Waals surface area contributed by atoms with Crippen LogP contribution in [0.15, 0.2) is 42.5 Å². The van der Waals surface area contributed by atoms with Gasteiger partial charge in [-0.05, 0) is 48.7 Å². The van der Waals surface area contributed by atoms with E-state index >= 15 is 0 Å². The van der Waals surface area contributed by atoms with Crippen molar-refractivity contribution in [2.24, 2.45) is 0 Å². The van der Waals surface area contributed by atoms with Gasteiger partial charge in [0.25, 0.3) is 0 Å². The molecule has 2 aliphatic heterocycles. The number of nitrogens with zero attached hydrogens (tertiary/aromatic N) is 2. The number of amides is 2. The van der Waals surface area contributed by atoms with Gasteiger partial charge in [-0.3, -0.25) is 14.5 Å². The largest absolute Gasteiger partial charge is 0.378 e. The van der Waals surface area contributed by atoms with Crippen LogP contribution >= 0.6 is 0 Å². The maximum absolute atomic E-state index is 12.9. The number of nitrogens with one attached hydrogen (secondary N) is 1. The number of hydrogen-bond acceptors (Lipinski definition) is 4. The lowest BCUT2D eigenvalue weighted by molar-refractivity contribution is -0.140. The number of morpholine rings is 1. The molecule has 2 unspecified atom stereocenters. The molecule has 4 rings (SSSR count). The molecular formula is C23H29N3O3. The van der Waals surface area contributed by atoms with Crippen LogP contribution in [0, 0.1) is 0 Å². The second-order valence-electron chi connectivity index (χ2n) is 7.96. The Morgan fingerprint density at radius 3 is 2.66 bits per heavy atom. The molecular weight excluding hydrogens is 366 g/mol. The monoisotopic (exact) mass is 395 g/mol. The third-order valence-electron chi connectivity index (χ3n) is 5.97. The van der Waals surface area contributed by atoms with Crippen LogP contribution in [0.3, 0.4) is 0 Å². The minimum atomic E-state index is -0.185. The predicted octanol–water partition coefficient (Wildman–Crippen LogP) is 2.34. The van der Waals surface area contributed by atoms with Gasteiger partial charge >= 0.3 is 0 Å². The lowest BCUT2D eigenvalue weighted by Crippen LogP contribution is -2.51. The van der Waals surface area contributed by atoms with Crippen molar-refractivity contribution in [2.45, 2.75) is 31.8 Å². The van der Waals surface area contributed by atoms with E-state index in [1.54, 1.807) is 0 Å². The number of carbonyl (C=O) groups excluding carboxylic acids is 2. The van der Waals surface area contributed by atoms with Gasteiger partial charge in [-0.15, -0.1) is 0 Å². The van der Waals surface area contributed by atoms with Gasteiger partial charge in [0.05, 0.1) is 31.8 Å². The van der Waals surface area contributed by atoms with Gasteiger partial charge in [-0.25, -0.2) is 0 Å². The minimum absolute atomic E-state index is 0.0349. The summed E-state index contributed by atoms with van der Waals surface area (Å²) in [5.74, 6) is 0.105. The smallest absolute Gasteiger partial charge is 0.240 e. The van der Waals surface area contributed by atoms with Crippen molar-refractivity contribution >= 4 is 22.6 Å². The topological polar surface area (TPSA) is 61.9 Å². The third kappa shape index (κ3) is 4.60. The zero-order valence-electron chi connectivity index (χ0n) is 17.0. The Morgan fingerprint density at radius 2 is 1.86 bits per heavy atom. The SMILES string of the molecule is CC(NC(=O)CN1CCCC1C(=O)N1CCOCC1)c1ccc2ccccc2c1. The van der Waals surface area contributed by atoms with E-state index in [1.165, 1.54) is 10.8 Å². The number of likely N-dealkylation sites (tertiary alicyclic amines) is 1. The van der Waals surface area contributed by atoms with Gasteiger partial charge in [0.15, 0.2) is 0 Å². The molecule has 0 bridgehead atoms. The quantitative estimate of drug-likeness (QED) is 0.844. The Bertz CT molecular complexity index is 879. The fourth-order valence-corrected chi connectivity index (χ4v) is 4.32. The highest BCUT2D eigenvalue weighted by Gasteiger charge is 2.35. The zero-order valence-corrected chi connectivity index (χ0v) is 17.0. The van der Waals surface area contributed by atoms with Gasteiger partial charge in [0.2, 0.25) is 11.8 Å². The first kappa shape index (κ1) is 19.9. The van der Waals surface area contributed by atoms with Crippen molar-refractivity contribution < 1.29 is 14.3 Å². The van der Waals surface area contributed by atoms with Crippen LogP contribution in [0.1, 0.15) is 31.4 Å².